The van der Waals surface area contributed by atoms with E-state index in [1.165, 1.54) is 20.9 Å². The van der Waals surface area contributed by atoms with Crippen LogP contribution in [0.25, 0.3) is 0 Å². The fourth-order valence-electron chi connectivity index (χ4n) is 2.38. The topological polar surface area (TPSA) is 12.0 Å². The zero-order valence-corrected chi connectivity index (χ0v) is 12.3. The Kier molecular flexibility index (Phi) is 4.20. The molecule has 18 heavy (non-hydrogen) atoms. The van der Waals surface area contributed by atoms with Crippen molar-refractivity contribution < 1.29 is 0 Å². The summed E-state index contributed by atoms with van der Waals surface area (Å²) < 4.78 is 0. The Labute approximate surface area is 114 Å². The molecule has 96 valence electrons. The number of benzene rings is 1. The maximum atomic E-state index is 3.67. The van der Waals surface area contributed by atoms with E-state index in [4.69, 9.17) is 0 Å². The smallest absolute Gasteiger partial charge is 0.0308 e. The molecule has 1 nitrogen and oxygen atoms in total. The first kappa shape index (κ1) is 13.3. The molecule has 0 radical (unpaired) electrons. The van der Waals surface area contributed by atoms with E-state index in [-0.39, 0.29) is 0 Å². The van der Waals surface area contributed by atoms with Crippen LogP contribution in [-0.4, -0.2) is 0 Å². The molecule has 2 rings (SSSR count). The van der Waals surface area contributed by atoms with Crippen LogP contribution in [0.3, 0.4) is 0 Å². The van der Waals surface area contributed by atoms with E-state index < -0.39 is 0 Å². The van der Waals surface area contributed by atoms with Gasteiger partial charge in [0.2, 0.25) is 0 Å². The monoisotopic (exact) mass is 259 g/mol. The molecule has 2 aromatic rings. The van der Waals surface area contributed by atoms with Crippen LogP contribution in [-0.2, 0) is 0 Å². The van der Waals surface area contributed by atoms with E-state index >= 15 is 0 Å². The molecular weight excluding hydrogens is 238 g/mol. The summed E-state index contributed by atoms with van der Waals surface area (Å²) in [4.78, 5) is 2.82. The quantitative estimate of drug-likeness (QED) is 0.833. The van der Waals surface area contributed by atoms with Crippen molar-refractivity contribution in [3.8, 4) is 0 Å². The van der Waals surface area contributed by atoms with E-state index in [0.717, 1.165) is 0 Å². The molecule has 1 aromatic heterocycles. The van der Waals surface area contributed by atoms with Crippen LogP contribution < -0.4 is 5.32 Å². The molecule has 0 aliphatic carbocycles. The first-order valence-electron chi connectivity index (χ1n) is 6.46. The van der Waals surface area contributed by atoms with Crippen LogP contribution in [0.2, 0.25) is 0 Å². The first-order valence-corrected chi connectivity index (χ1v) is 7.27. The fourth-order valence-corrected chi connectivity index (χ4v) is 3.41. The number of rotatable bonds is 4. The Balaban J connectivity index is 2.08. The number of hydrogen-bond donors (Lipinski definition) is 1. The minimum Gasteiger partial charge on any atom is -0.304 e. The molecule has 2 atom stereocenters. The van der Waals surface area contributed by atoms with Gasteiger partial charge in [-0.05, 0) is 44.9 Å². The normalized spacial score (nSPS) is 14.4. The standard InChI is InChI=1S/C16H21NS/c1-11-10-16(14(4)18-11)13(3)17-12(2)15-8-6-5-7-9-15/h5-10,12-13,17H,1-4H3/t12-,13?/m1/s1. The highest BCUT2D eigenvalue weighted by molar-refractivity contribution is 7.12. The average molecular weight is 259 g/mol. The van der Waals surface area contributed by atoms with Crippen LogP contribution >= 0.6 is 11.3 Å². The van der Waals surface area contributed by atoms with Gasteiger partial charge in [0.15, 0.2) is 0 Å². The number of hydrogen-bond acceptors (Lipinski definition) is 2. The Hall–Kier alpha value is -1.12. The van der Waals surface area contributed by atoms with Gasteiger partial charge in [-0.15, -0.1) is 11.3 Å². The fraction of sp³-hybridized carbons (Fsp3) is 0.375. The summed E-state index contributed by atoms with van der Waals surface area (Å²) in [6, 6.07) is 13.7. The summed E-state index contributed by atoms with van der Waals surface area (Å²) >= 11 is 1.88. The maximum Gasteiger partial charge on any atom is 0.0308 e. The molecule has 1 N–H and O–H groups in total. The summed E-state index contributed by atoms with van der Waals surface area (Å²) in [6.07, 6.45) is 0. The summed E-state index contributed by atoms with van der Waals surface area (Å²) in [6.45, 7) is 8.85. The van der Waals surface area contributed by atoms with E-state index in [9.17, 15) is 0 Å². The second kappa shape index (κ2) is 5.68. The number of aryl methyl sites for hydroxylation is 2. The molecule has 0 saturated heterocycles. The Morgan fingerprint density at radius 1 is 1.00 bits per heavy atom. The van der Waals surface area contributed by atoms with E-state index in [2.05, 4.69) is 69.4 Å². The highest BCUT2D eigenvalue weighted by atomic mass is 32.1. The lowest BCUT2D eigenvalue weighted by Crippen LogP contribution is -2.22. The number of nitrogens with one attached hydrogen (secondary N) is 1. The van der Waals surface area contributed by atoms with E-state index in [1.54, 1.807) is 0 Å². The van der Waals surface area contributed by atoms with Gasteiger partial charge in [0.1, 0.15) is 0 Å². The summed E-state index contributed by atoms with van der Waals surface area (Å²) in [5, 5.41) is 3.67. The number of thiophene rings is 1. The van der Waals surface area contributed by atoms with Gasteiger partial charge in [-0.3, -0.25) is 0 Å². The maximum absolute atomic E-state index is 3.67. The van der Waals surface area contributed by atoms with Crippen molar-refractivity contribution in [1.29, 1.82) is 0 Å². The van der Waals surface area contributed by atoms with Gasteiger partial charge in [-0.1, -0.05) is 30.3 Å². The minimum absolute atomic E-state index is 0.376. The van der Waals surface area contributed by atoms with Crippen LogP contribution in [0.4, 0.5) is 0 Å². The summed E-state index contributed by atoms with van der Waals surface area (Å²) in [7, 11) is 0. The molecule has 0 bridgehead atoms. The lowest BCUT2D eigenvalue weighted by molar-refractivity contribution is 0.494. The molecule has 0 aliphatic heterocycles. The zero-order chi connectivity index (χ0) is 13.1. The van der Waals surface area contributed by atoms with Crippen molar-refractivity contribution in [2.75, 3.05) is 0 Å². The van der Waals surface area contributed by atoms with E-state index in [1.807, 2.05) is 11.3 Å². The molecule has 1 aromatic carbocycles. The predicted octanol–water partition coefficient (Wildman–Crippen LogP) is 4.78. The highest BCUT2D eigenvalue weighted by Gasteiger charge is 2.14. The molecule has 0 saturated carbocycles. The van der Waals surface area contributed by atoms with Crippen LogP contribution in [0.5, 0.6) is 0 Å². The summed E-state index contributed by atoms with van der Waals surface area (Å²) in [5.74, 6) is 0. The predicted molar refractivity (Wildman–Crippen MR) is 80.2 cm³/mol. The zero-order valence-electron chi connectivity index (χ0n) is 11.5. The SMILES string of the molecule is Cc1cc(C(C)N[C@H](C)c2ccccc2)c(C)s1. The molecule has 0 spiro atoms. The third-order valence-electron chi connectivity index (χ3n) is 3.35. The lowest BCUT2D eigenvalue weighted by atomic mass is 10.0. The molecule has 1 unspecified atom stereocenters. The van der Waals surface area contributed by atoms with Gasteiger partial charge >= 0.3 is 0 Å². The largest absolute Gasteiger partial charge is 0.304 e. The highest BCUT2D eigenvalue weighted by Crippen LogP contribution is 2.27. The molecule has 0 amide bonds. The Morgan fingerprint density at radius 3 is 2.22 bits per heavy atom. The van der Waals surface area contributed by atoms with Crippen molar-refractivity contribution in [3.05, 3.63) is 57.3 Å². The Morgan fingerprint density at radius 2 is 1.67 bits per heavy atom. The van der Waals surface area contributed by atoms with Crippen molar-refractivity contribution in [2.45, 2.75) is 39.8 Å². The molecule has 1 heterocycles. The van der Waals surface area contributed by atoms with Gasteiger partial charge in [0.25, 0.3) is 0 Å². The molecular formula is C16H21NS. The van der Waals surface area contributed by atoms with Crippen molar-refractivity contribution in [3.63, 3.8) is 0 Å². The lowest BCUT2D eigenvalue weighted by Gasteiger charge is -2.20. The van der Waals surface area contributed by atoms with Crippen LogP contribution in [0.1, 0.15) is 46.8 Å². The van der Waals surface area contributed by atoms with Crippen LogP contribution in [0, 0.1) is 13.8 Å². The third kappa shape index (κ3) is 3.01. The van der Waals surface area contributed by atoms with Gasteiger partial charge in [-0.25, -0.2) is 0 Å². The Bertz CT molecular complexity index is 501. The van der Waals surface area contributed by atoms with Gasteiger partial charge < -0.3 is 5.32 Å². The van der Waals surface area contributed by atoms with Crippen molar-refractivity contribution >= 4 is 11.3 Å². The first-order chi connectivity index (χ1) is 8.58. The van der Waals surface area contributed by atoms with Crippen molar-refractivity contribution in [1.82, 2.24) is 5.32 Å². The van der Waals surface area contributed by atoms with Gasteiger partial charge in [0, 0.05) is 21.8 Å². The summed E-state index contributed by atoms with van der Waals surface area (Å²) in [5.41, 5.74) is 2.77. The second-order valence-corrected chi connectivity index (χ2v) is 6.35. The van der Waals surface area contributed by atoms with Gasteiger partial charge in [-0.2, -0.15) is 0 Å². The molecule has 0 fully saturated rings. The van der Waals surface area contributed by atoms with E-state index in [0.29, 0.717) is 12.1 Å². The second-order valence-electron chi connectivity index (χ2n) is 4.89. The van der Waals surface area contributed by atoms with Crippen molar-refractivity contribution in [2.24, 2.45) is 0 Å². The molecule has 2 heteroatoms. The van der Waals surface area contributed by atoms with Gasteiger partial charge in [0.05, 0.1) is 0 Å². The van der Waals surface area contributed by atoms with Crippen LogP contribution in [0.15, 0.2) is 36.4 Å². The minimum atomic E-state index is 0.376. The third-order valence-corrected chi connectivity index (χ3v) is 4.33. The molecule has 0 aliphatic rings. The average Bonchev–Trinajstić information content (AvgIpc) is 2.69.